The van der Waals surface area contributed by atoms with Crippen molar-refractivity contribution in [1.29, 1.82) is 5.26 Å². The number of carboxylic acids is 1. The second-order valence-corrected chi connectivity index (χ2v) is 2.68. The topological polar surface area (TPSA) is 61.1 Å². The zero-order valence-corrected chi connectivity index (χ0v) is 7.17. The van der Waals surface area contributed by atoms with Gasteiger partial charge < -0.3 is 5.11 Å². The van der Waals surface area contributed by atoms with Crippen molar-refractivity contribution < 1.29 is 23.1 Å². The van der Waals surface area contributed by atoms with E-state index in [0.717, 1.165) is 6.07 Å². The van der Waals surface area contributed by atoms with E-state index in [0.29, 0.717) is 12.1 Å². The minimum absolute atomic E-state index is 0.439. The summed E-state index contributed by atoms with van der Waals surface area (Å²) in [6.45, 7) is 0. The van der Waals surface area contributed by atoms with Gasteiger partial charge in [-0.2, -0.15) is 18.4 Å². The summed E-state index contributed by atoms with van der Waals surface area (Å²) in [7, 11) is 0. The maximum absolute atomic E-state index is 12.2. The van der Waals surface area contributed by atoms with Gasteiger partial charge in [0.1, 0.15) is 6.07 Å². The molecule has 0 bridgehead atoms. The van der Waals surface area contributed by atoms with Crippen LogP contribution in [0.15, 0.2) is 18.2 Å². The van der Waals surface area contributed by atoms with Gasteiger partial charge in [0.2, 0.25) is 0 Å². The van der Waals surface area contributed by atoms with Crippen molar-refractivity contribution in [3.05, 3.63) is 34.9 Å². The summed E-state index contributed by atoms with van der Waals surface area (Å²) in [5.74, 6) is -1.43. The van der Waals surface area contributed by atoms with E-state index >= 15 is 0 Å². The first-order valence-corrected chi connectivity index (χ1v) is 3.71. The number of carboxylic acid groups (broad SMARTS) is 1. The molecule has 0 aliphatic rings. The lowest BCUT2D eigenvalue weighted by Crippen LogP contribution is -2.08. The summed E-state index contributed by atoms with van der Waals surface area (Å²) in [6.07, 6.45) is -4.58. The molecule has 0 aromatic heterocycles. The molecule has 3 nitrogen and oxygen atoms in total. The molecule has 0 radical (unpaired) electrons. The Morgan fingerprint density at radius 2 is 2.00 bits per heavy atom. The lowest BCUT2D eigenvalue weighted by molar-refractivity contribution is -0.137. The average Bonchev–Trinajstić information content (AvgIpc) is 2.15. The summed E-state index contributed by atoms with van der Waals surface area (Å²) in [4.78, 5) is 10.5. The smallest absolute Gasteiger partial charge is 0.416 e. The van der Waals surface area contributed by atoms with Crippen LogP contribution >= 0.6 is 0 Å². The molecule has 1 aromatic carbocycles. The summed E-state index contributed by atoms with van der Waals surface area (Å²) < 4.78 is 36.5. The maximum Gasteiger partial charge on any atom is 0.416 e. The average molecular weight is 215 g/mol. The van der Waals surface area contributed by atoms with Crippen molar-refractivity contribution in [3.8, 4) is 6.07 Å². The molecular weight excluding hydrogens is 211 g/mol. The molecule has 6 heteroatoms. The van der Waals surface area contributed by atoms with E-state index in [1.165, 1.54) is 6.07 Å². The van der Waals surface area contributed by atoms with E-state index in [1.54, 1.807) is 0 Å². The van der Waals surface area contributed by atoms with Crippen LogP contribution < -0.4 is 0 Å². The van der Waals surface area contributed by atoms with Crippen LogP contribution in [0.1, 0.15) is 21.5 Å². The van der Waals surface area contributed by atoms with Gasteiger partial charge in [-0.15, -0.1) is 0 Å². The van der Waals surface area contributed by atoms with E-state index in [4.69, 9.17) is 10.4 Å². The molecule has 0 saturated carbocycles. The number of alkyl halides is 3. The van der Waals surface area contributed by atoms with Crippen LogP contribution in [0.25, 0.3) is 0 Å². The Balaban J connectivity index is 3.34. The minimum atomic E-state index is -4.58. The van der Waals surface area contributed by atoms with Crippen molar-refractivity contribution in [3.63, 3.8) is 0 Å². The monoisotopic (exact) mass is 215 g/mol. The molecule has 0 amide bonds. The SMILES string of the molecule is N#Cc1cc(C(F)(F)F)ccc1C(=O)O. The fourth-order valence-corrected chi connectivity index (χ4v) is 1.000. The highest BCUT2D eigenvalue weighted by Gasteiger charge is 2.31. The normalized spacial score (nSPS) is 10.8. The highest BCUT2D eigenvalue weighted by atomic mass is 19.4. The Morgan fingerprint density at radius 1 is 1.40 bits per heavy atom. The molecule has 1 N–H and O–H groups in total. The third-order valence-corrected chi connectivity index (χ3v) is 1.70. The van der Waals surface area contributed by atoms with E-state index < -0.39 is 28.8 Å². The van der Waals surface area contributed by atoms with Gasteiger partial charge in [-0.1, -0.05) is 0 Å². The van der Waals surface area contributed by atoms with Crippen LogP contribution in [0.2, 0.25) is 0 Å². The van der Waals surface area contributed by atoms with E-state index in [9.17, 15) is 18.0 Å². The number of nitriles is 1. The summed E-state index contributed by atoms with van der Waals surface area (Å²) in [5, 5.41) is 17.0. The molecule has 0 spiro atoms. The molecule has 0 atom stereocenters. The quantitative estimate of drug-likeness (QED) is 0.781. The Morgan fingerprint density at radius 3 is 2.40 bits per heavy atom. The second kappa shape index (κ2) is 3.61. The van der Waals surface area contributed by atoms with Gasteiger partial charge in [-0.25, -0.2) is 4.79 Å². The first-order valence-electron chi connectivity index (χ1n) is 3.71. The number of hydrogen-bond acceptors (Lipinski definition) is 2. The lowest BCUT2D eigenvalue weighted by atomic mass is 10.0. The Labute approximate surface area is 82.4 Å². The maximum atomic E-state index is 12.2. The van der Waals surface area contributed by atoms with Gasteiger partial charge in [0.05, 0.1) is 16.7 Å². The summed E-state index contributed by atoms with van der Waals surface area (Å²) >= 11 is 0. The molecule has 1 aromatic rings. The first-order chi connectivity index (χ1) is 6.86. The van der Waals surface area contributed by atoms with Crippen molar-refractivity contribution in [2.75, 3.05) is 0 Å². The predicted octanol–water partition coefficient (Wildman–Crippen LogP) is 2.28. The molecule has 78 valence electrons. The summed E-state index contributed by atoms with van der Waals surface area (Å²) in [5.41, 5.74) is -1.98. The number of benzene rings is 1. The highest BCUT2D eigenvalue weighted by Crippen LogP contribution is 2.30. The van der Waals surface area contributed by atoms with Crippen LogP contribution in [0.5, 0.6) is 0 Å². The molecule has 1 rings (SSSR count). The van der Waals surface area contributed by atoms with Gasteiger partial charge >= 0.3 is 12.1 Å². The number of halogens is 3. The largest absolute Gasteiger partial charge is 0.478 e. The Hall–Kier alpha value is -2.03. The third kappa shape index (κ3) is 2.26. The molecule has 0 fully saturated rings. The first kappa shape index (κ1) is 11.0. The molecular formula is C9H4F3NO2. The van der Waals surface area contributed by atoms with E-state index in [-0.39, 0.29) is 0 Å². The lowest BCUT2D eigenvalue weighted by Gasteiger charge is -2.07. The number of aromatic carboxylic acids is 1. The third-order valence-electron chi connectivity index (χ3n) is 1.70. The fraction of sp³-hybridized carbons (Fsp3) is 0.111. The molecule has 0 aliphatic carbocycles. The molecule has 15 heavy (non-hydrogen) atoms. The minimum Gasteiger partial charge on any atom is -0.478 e. The highest BCUT2D eigenvalue weighted by molar-refractivity contribution is 5.90. The van der Waals surface area contributed by atoms with Gasteiger partial charge in [0.25, 0.3) is 0 Å². The van der Waals surface area contributed by atoms with Crippen LogP contribution in [0.4, 0.5) is 13.2 Å². The molecule has 0 aliphatic heterocycles. The fourth-order valence-electron chi connectivity index (χ4n) is 1.000. The zero-order valence-electron chi connectivity index (χ0n) is 7.17. The zero-order chi connectivity index (χ0) is 11.6. The van der Waals surface area contributed by atoms with Crippen molar-refractivity contribution in [1.82, 2.24) is 0 Å². The second-order valence-electron chi connectivity index (χ2n) is 2.68. The van der Waals surface area contributed by atoms with Gasteiger partial charge in [0.15, 0.2) is 0 Å². The number of nitrogens with zero attached hydrogens (tertiary/aromatic N) is 1. The molecule has 0 heterocycles. The van der Waals surface area contributed by atoms with Crippen LogP contribution in [-0.4, -0.2) is 11.1 Å². The standard InChI is InChI=1S/C9H4F3NO2/c10-9(11,12)6-1-2-7(8(14)15)5(3-6)4-13/h1-3H,(H,14,15). The van der Waals surface area contributed by atoms with Gasteiger partial charge in [0, 0.05) is 0 Å². The summed E-state index contributed by atoms with van der Waals surface area (Å²) in [6, 6.07) is 3.32. The van der Waals surface area contributed by atoms with Crippen LogP contribution in [0, 0.1) is 11.3 Å². The Kier molecular flexibility index (Phi) is 2.66. The van der Waals surface area contributed by atoms with Crippen LogP contribution in [-0.2, 0) is 6.18 Å². The van der Waals surface area contributed by atoms with Crippen molar-refractivity contribution >= 4 is 5.97 Å². The van der Waals surface area contributed by atoms with E-state index in [1.807, 2.05) is 0 Å². The number of rotatable bonds is 1. The number of hydrogen-bond donors (Lipinski definition) is 1. The molecule has 0 saturated heterocycles. The number of carbonyl (C=O) groups is 1. The van der Waals surface area contributed by atoms with Gasteiger partial charge in [-0.05, 0) is 18.2 Å². The van der Waals surface area contributed by atoms with E-state index in [2.05, 4.69) is 0 Å². The van der Waals surface area contributed by atoms with Crippen LogP contribution in [0.3, 0.4) is 0 Å². The predicted molar refractivity (Wildman–Crippen MR) is 43.1 cm³/mol. The molecule has 0 unspecified atom stereocenters. The van der Waals surface area contributed by atoms with Crippen molar-refractivity contribution in [2.45, 2.75) is 6.18 Å². The van der Waals surface area contributed by atoms with Crippen molar-refractivity contribution in [2.24, 2.45) is 0 Å². The van der Waals surface area contributed by atoms with Gasteiger partial charge in [-0.3, -0.25) is 0 Å². The Bertz CT molecular complexity index is 446.